The molecule has 0 rings (SSSR count). The van der Waals surface area contributed by atoms with Crippen LogP contribution >= 0.6 is 0 Å². The van der Waals surface area contributed by atoms with E-state index in [2.05, 4.69) is 9.47 Å². The molecule has 0 aromatic heterocycles. The van der Waals surface area contributed by atoms with E-state index >= 15 is 0 Å². The summed E-state index contributed by atoms with van der Waals surface area (Å²) in [5, 5.41) is 33.1. The summed E-state index contributed by atoms with van der Waals surface area (Å²) in [4.78, 5) is 41.0. The largest absolute Gasteiger partial charge is 1.00 e. The molecule has 0 aliphatic carbocycles. The van der Waals surface area contributed by atoms with Crippen molar-refractivity contribution in [1.82, 2.24) is 0 Å². The molecule has 2 unspecified atom stereocenters. The fraction of sp³-hybridized carbons (Fsp3) is 0.333. The van der Waals surface area contributed by atoms with Crippen LogP contribution in [-0.2, 0) is 19.1 Å². The first-order valence-electron chi connectivity index (χ1n) is 3.50. The molecule has 17 heavy (non-hydrogen) atoms. The number of carbonyl (C=O) groups is 4. The van der Waals surface area contributed by atoms with E-state index in [0.717, 1.165) is 0 Å². The van der Waals surface area contributed by atoms with Gasteiger partial charge in [-0.15, -0.1) is 0 Å². The first-order chi connectivity index (χ1) is 7.25. The summed E-state index contributed by atoms with van der Waals surface area (Å²) in [6, 6.07) is 0. The van der Waals surface area contributed by atoms with Crippen molar-refractivity contribution in [2.24, 2.45) is 0 Å². The third-order valence-corrected chi connectivity index (χ3v) is 1.22. The second-order valence-electron chi connectivity index (χ2n) is 2.29. The van der Waals surface area contributed by atoms with E-state index in [4.69, 9.17) is 20.4 Å². The van der Waals surface area contributed by atoms with Crippen molar-refractivity contribution in [2.75, 3.05) is 0 Å². The Bertz CT molecular complexity index is 298. The summed E-state index contributed by atoms with van der Waals surface area (Å²) in [6.07, 6.45) is -9.11. The fourth-order valence-electron chi connectivity index (χ4n) is 0.701. The summed E-state index contributed by atoms with van der Waals surface area (Å²) in [5.74, 6) is -3.98. The standard InChI is InChI=1S/C6H6O10.Na.H/c7-3(8)1(15-5(11)12)2(4(9)10)16-6(13)14;;/h1-2H,(H,7,8)(H,9,10)(H,11,12)(H,13,14);;/q;+1;-1. The van der Waals surface area contributed by atoms with E-state index < -0.39 is 36.5 Å². The number of ether oxygens (including phenoxy) is 2. The van der Waals surface area contributed by atoms with Crippen molar-refractivity contribution < 1.29 is 80.1 Å². The van der Waals surface area contributed by atoms with Crippen LogP contribution in [0.4, 0.5) is 9.59 Å². The molecule has 0 aromatic rings. The first-order valence-corrected chi connectivity index (χ1v) is 3.50. The number of rotatable bonds is 5. The molecule has 10 nitrogen and oxygen atoms in total. The smallest absolute Gasteiger partial charge is 1.00 e. The first kappa shape index (κ1) is 17.9. The van der Waals surface area contributed by atoms with Gasteiger partial charge in [0.05, 0.1) is 0 Å². The van der Waals surface area contributed by atoms with E-state index in [-0.39, 0.29) is 31.0 Å². The number of hydrogen-bond acceptors (Lipinski definition) is 6. The van der Waals surface area contributed by atoms with Crippen LogP contribution in [0, 0.1) is 0 Å². The van der Waals surface area contributed by atoms with Crippen molar-refractivity contribution >= 4 is 24.2 Å². The van der Waals surface area contributed by atoms with Crippen LogP contribution < -0.4 is 29.6 Å². The summed E-state index contributed by atoms with van der Waals surface area (Å²) in [5.41, 5.74) is 0. The average molecular weight is 262 g/mol. The van der Waals surface area contributed by atoms with E-state index in [9.17, 15) is 19.2 Å². The summed E-state index contributed by atoms with van der Waals surface area (Å²) < 4.78 is 7.37. The third-order valence-electron chi connectivity index (χ3n) is 1.22. The normalized spacial score (nSPS) is 12.5. The van der Waals surface area contributed by atoms with Gasteiger partial charge in [0.25, 0.3) is 0 Å². The van der Waals surface area contributed by atoms with Gasteiger partial charge in [-0.3, -0.25) is 0 Å². The van der Waals surface area contributed by atoms with E-state index in [1.807, 2.05) is 0 Å². The molecule has 4 N–H and O–H groups in total. The SMILES string of the molecule is O=C(O)OC(C(=O)O)C(OC(=O)O)C(=O)O.[H-].[Na+]. The van der Waals surface area contributed by atoms with Gasteiger partial charge in [-0.1, -0.05) is 0 Å². The molecule has 0 spiro atoms. The van der Waals surface area contributed by atoms with Crippen LogP contribution in [-0.4, -0.2) is 56.9 Å². The minimum atomic E-state index is -2.48. The van der Waals surface area contributed by atoms with E-state index in [0.29, 0.717) is 0 Å². The second kappa shape index (κ2) is 7.70. The van der Waals surface area contributed by atoms with Crippen molar-refractivity contribution in [3.8, 4) is 0 Å². The van der Waals surface area contributed by atoms with Gasteiger partial charge < -0.3 is 31.3 Å². The van der Waals surface area contributed by atoms with E-state index in [1.54, 1.807) is 0 Å². The van der Waals surface area contributed by atoms with Gasteiger partial charge in [-0.2, -0.15) is 0 Å². The van der Waals surface area contributed by atoms with E-state index in [1.165, 1.54) is 0 Å². The zero-order chi connectivity index (χ0) is 12.9. The molecule has 0 bridgehead atoms. The molecule has 2 atom stereocenters. The minimum absolute atomic E-state index is 0. The van der Waals surface area contributed by atoms with Crippen molar-refractivity contribution in [2.45, 2.75) is 12.2 Å². The molecular formula is C6H7NaO10. The topological polar surface area (TPSA) is 168 Å². The molecule has 0 amide bonds. The second-order valence-corrected chi connectivity index (χ2v) is 2.29. The molecular weight excluding hydrogens is 255 g/mol. The summed E-state index contributed by atoms with van der Waals surface area (Å²) >= 11 is 0. The zero-order valence-electron chi connectivity index (χ0n) is 9.39. The van der Waals surface area contributed by atoms with Crippen LogP contribution in [0.1, 0.15) is 1.43 Å². The average Bonchev–Trinajstić information content (AvgIpc) is 2.09. The van der Waals surface area contributed by atoms with Crippen molar-refractivity contribution in [3.05, 3.63) is 0 Å². The van der Waals surface area contributed by atoms with Gasteiger partial charge in [-0.05, 0) is 0 Å². The Balaban J connectivity index is -0.00000112. The molecule has 0 saturated carbocycles. The number of carboxylic acid groups (broad SMARTS) is 4. The van der Waals surface area contributed by atoms with Gasteiger partial charge in [0, 0.05) is 0 Å². The maximum absolute atomic E-state index is 10.4. The molecule has 0 saturated heterocycles. The number of hydrogen-bond donors (Lipinski definition) is 4. The van der Waals surface area contributed by atoms with Crippen LogP contribution in [0.2, 0.25) is 0 Å². The Kier molecular flexibility index (Phi) is 8.10. The maximum Gasteiger partial charge on any atom is 1.00 e. The predicted octanol–water partition coefficient (Wildman–Crippen LogP) is -3.60. The molecule has 0 radical (unpaired) electrons. The Morgan fingerprint density at radius 1 is 0.765 bits per heavy atom. The fourth-order valence-corrected chi connectivity index (χ4v) is 0.701. The van der Waals surface area contributed by atoms with Gasteiger partial charge in [0.1, 0.15) is 0 Å². The number of carboxylic acids is 2. The molecule has 0 aromatic carbocycles. The Morgan fingerprint density at radius 3 is 1.12 bits per heavy atom. The summed E-state index contributed by atoms with van der Waals surface area (Å²) in [7, 11) is 0. The van der Waals surface area contributed by atoms with Crippen LogP contribution in [0.3, 0.4) is 0 Å². The van der Waals surface area contributed by atoms with Gasteiger partial charge >= 0.3 is 53.8 Å². The van der Waals surface area contributed by atoms with Crippen LogP contribution in [0.15, 0.2) is 0 Å². The Labute approximate surface area is 117 Å². The van der Waals surface area contributed by atoms with Crippen molar-refractivity contribution in [1.29, 1.82) is 0 Å². The molecule has 0 heterocycles. The third kappa shape index (κ3) is 6.60. The van der Waals surface area contributed by atoms with Crippen LogP contribution in [0.25, 0.3) is 0 Å². The van der Waals surface area contributed by atoms with Gasteiger partial charge in [0.15, 0.2) is 0 Å². The molecule has 92 valence electrons. The Morgan fingerprint density at radius 2 is 1.00 bits per heavy atom. The zero-order valence-corrected chi connectivity index (χ0v) is 10.4. The van der Waals surface area contributed by atoms with Gasteiger partial charge in [0.2, 0.25) is 12.2 Å². The quantitative estimate of drug-likeness (QED) is 0.287. The maximum atomic E-state index is 10.4. The van der Waals surface area contributed by atoms with Gasteiger partial charge in [-0.25, -0.2) is 19.2 Å². The molecule has 0 fully saturated rings. The number of aliphatic carboxylic acids is 2. The Hall–Kier alpha value is -1.52. The molecule has 0 aliphatic rings. The summed E-state index contributed by atoms with van der Waals surface area (Å²) in [6.45, 7) is 0. The molecule has 0 aliphatic heterocycles. The van der Waals surface area contributed by atoms with Crippen LogP contribution in [0.5, 0.6) is 0 Å². The minimum Gasteiger partial charge on any atom is -1.00 e. The van der Waals surface area contributed by atoms with Crippen molar-refractivity contribution in [3.63, 3.8) is 0 Å². The molecule has 11 heteroatoms. The monoisotopic (exact) mass is 262 g/mol. The predicted molar refractivity (Wildman–Crippen MR) is 42.2 cm³/mol.